The van der Waals surface area contributed by atoms with E-state index in [4.69, 9.17) is 23.2 Å². The molecule has 6 heteroatoms. The molecule has 1 heterocycles. The molecule has 1 aromatic carbocycles. The van der Waals surface area contributed by atoms with E-state index in [9.17, 15) is 5.11 Å². The summed E-state index contributed by atoms with van der Waals surface area (Å²) in [5.74, 6) is 0.709. The molecule has 2 N–H and O–H groups in total. The molecule has 0 unspecified atom stereocenters. The lowest BCUT2D eigenvalue weighted by molar-refractivity contribution is 0.0944. The second kappa shape index (κ2) is 6.82. The predicted octanol–water partition coefficient (Wildman–Crippen LogP) is 3.87. The minimum atomic E-state index is -0.825. The summed E-state index contributed by atoms with van der Waals surface area (Å²) in [4.78, 5) is 8.53. The fourth-order valence-corrected chi connectivity index (χ4v) is 2.50. The van der Waals surface area contributed by atoms with Crippen LogP contribution in [0.15, 0.2) is 24.5 Å². The lowest BCUT2D eigenvalue weighted by Gasteiger charge is -2.20. The Bertz CT molecular complexity index is 669. The van der Waals surface area contributed by atoms with E-state index in [-0.39, 0.29) is 0 Å². The topological polar surface area (TPSA) is 58.0 Å². The van der Waals surface area contributed by atoms with Gasteiger partial charge in [0.25, 0.3) is 0 Å². The van der Waals surface area contributed by atoms with Crippen LogP contribution in [0.25, 0.3) is 0 Å². The lowest BCUT2D eigenvalue weighted by Crippen LogP contribution is -2.30. The summed E-state index contributed by atoms with van der Waals surface area (Å²) in [6.45, 7) is 5.80. The highest BCUT2D eigenvalue weighted by Gasteiger charge is 2.16. The fourth-order valence-electron chi connectivity index (χ4n) is 2.02. The van der Waals surface area contributed by atoms with Gasteiger partial charge in [0, 0.05) is 34.3 Å². The first-order valence-electron chi connectivity index (χ1n) is 6.97. The van der Waals surface area contributed by atoms with Gasteiger partial charge in [-0.2, -0.15) is 0 Å². The van der Waals surface area contributed by atoms with Crippen molar-refractivity contribution in [2.45, 2.75) is 32.8 Å². The standard InChI is InChI=1S/C16H19Cl2N3O/c1-10-13(6-11-4-5-12(17)7-14(11)18)15(21-9-20-10)19-8-16(2,3)22/h4-5,7,9,22H,6,8H2,1-3H3,(H,19,20,21). The molecule has 0 atom stereocenters. The van der Waals surface area contributed by atoms with Crippen molar-refractivity contribution >= 4 is 29.0 Å². The Balaban J connectivity index is 2.29. The summed E-state index contributed by atoms with van der Waals surface area (Å²) >= 11 is 12.2. The number of aromatic nitrogens is 2. The van der Waals surface area contributed by atoms with Crippen molar-refractivity contribution in [1.29, 1.82) is 0 Å². The summed E-state index contributed by atoms with van der Waals surface area (Å²) in [6.07, 6.45) is 2.10. The van der Waals surface area contributed by atoms with Gasteiger partial charge in [-0.25, -0.2) is 9.97 Å². The van der Waals surface area contributed by atoms with E-state index in [0.717, 1.165) is 16.8 Å². The Labute approximate surface area is 140 Å². The van der Waals surface area contributed by atoms with Gasteiger partial charge in [0.05, 0.1) is 5.60 Å². The van der Waals surface area contributed by atoms with Gasteiger partial charge >= 0.3 is 0 Å². The van der Waals surface area contributed by atoms with Gasteiger partial charge in [-0.1, -0.05) is 29.3 Å². The van der Waals surface area contributed by atoms with Gasteiger partial charge in [-0.05, 0) is 38.5 Å². The third-order valence-corrected chi connectivity index (χ3v) is 3.82. The van der Waals surface area contributed by atoms with Crippen molar-refractivity contribution in [2.75, 3.05) is 11.9 Å². The third kappa shape index (κ3) is 4.57. The largest absolute Gasteiger partial charge is 0.389 e. The monoisotopic (exact) mass is 339 g/mol. The van der Waals surface area contributed by atoms with Crippen LogP contribution in [0.4, 0.5) is 5.82 Å². The van der Waals surface area contributed by atoms with Crippen LogP contribution >= 0.6 is 23.2 Å². The summed E-state index contributed by atoms with van der Waals surface area (Å²) in [6, 6.07) is 5.43. The van der Waals surface area contributed by atoms with Crippen molar-refractivity contribution in [3.8, 4) is 0 Å². The molecule has 0 aliphatic carbocycles. The highest BCUT2D eigenvalue weighted by atomic mass is 35.5. The zero-order valence-corrected chi connectivity index (χ0v) is 14.3. The average Bonchev–Trinajstić information content (AvgIpc) is 2.41. The molecule has 2 rings (SSSR count). The molecule has 1 aromatic heterocycles. The number of nitrogens with one attached hydrogen (secondary N) is 1. The lowest BCUT2D eigenvalue weighted by atomic mass is 10.0. The van der Waals surface area contributed by atoms with E-state index in [2.05, 4.69) is 15.3 Å². The molecule has 2 aromatic rings. The Morgan fingerprint density at radius 3 is 2.59 bits per heavy atom. The number of aliphatic hydroxyl groups is 1. The summed E-state index contributed by atoms with van der Waals surface area (Å²) in [7, 11) is 0. The molecular formula is C16H19Cl2N3O. The van der Waals surface area contributed by atoms with E-state index in [1.54, 1.807) is 19.9 Å². The molecule has 0 radical (unpaired) electrons. The van der Waals surface area contributed by atoms with Gasteiger partial charge < -0.3 is 10.4 Å². The summed E-state index contributed by atoms with van der Waals surface area (Å²) in [5.41, 5.74) is 1.96. The molecule has 0 saturated heterocycles. The Morgan fingerprint density at radius 1 is 1.23 bits per heavy atom. The van der Waals surface area contributed by atoms with Crippen LogP contribution in [0.5, 0.6) is 0 Å². The van der Waals surface area contributed by atoms with E-state index in [1.165, 1.54) is 6.33 Å². The van der Waals surface area contributed by atoms with Crippen molar-refractivity contribution < 1.29 is 5.11 Å². The molecule has 118 valence electrons. The third-order valence-electron chi connectivity index (χ3n) is 3.23. The summed E-state index contributed by atoms with van der Waals surface area (Å²) in [5, 5.41) is 14.3. The highest BCUT2D eigenvalue weighted by molar-refractivity contribution is 6.35. The van der Waals surface area contributed by atoms with Crippen LogP contribution in [0.3, 0.4) is 0 Å². The molecule has 22 heavy (non-hydrogen) atoms. The Morgan fingerprint density at radius 2 is 1.95 bits per heavy atom. The van der Waals surface area contributed by atoms with Crippen molar-refractivity contribution in [3.05, 3.63) is 51.4 Å². The number of halogens is 2. The molecule has 0 aliphatic heterocycles. The normalized spacial score (nSPS) is 11.5. The molecular weight excluding hydrogens is 321 g/mol. The maximum atomic E-state index is 9.86. The Hall–Kier alpha value is -1.36. The number of nitrogens with zero attached hydrogens (tertiary/aromatic N) is 2. The van der Waals surface area contributed by atoms with Crippen LogP contribution in [-0.2, 0) is 6.42 Å². The van der Waals surface area contributed by atoms with Gasteiger partial charge in [0.2, 0.25) is 0 Å². The second-order valence-corrected chi connectivity index (χ2v) is 6.71. The van der Waals surface area contributed by atoms with Crippen LogP contribution in [0, 0.1) is 6.92 Å². The predicted molar refractivity (Wildman–Crippen MR) is 90.8 cm³/mol. The SMILES string of the molecule is Cc1ncnc(NCC(C)(C)O)c1Cc1ccc(Cl)cc1Cl. The molecule has 0 spiro atoms. The highest BCUT2D eigenvalue weighted by Crippen LogP contribution is 2.26. The minimum absolute atomic E-state index is 0.394. The van der Waals surface area contributed by atoms with E-state index in [0.29, 0.717) is 28.8 Å². The quantitative estimate of drug-likeness (QED) is 0.868. The van der Waals surface area contributed by atoms with Gasteiger partial charge in [0.1, 0.15) is 12.1 Å². The van der Waals surface area contributed by atoms with Gasteiger partial charge in [-0.15, -0.1) is 0 Å². The number of hydrogen-bond acceptors (Lipinski definition) is 4. The minimum Gasteiger partial charge on any atom is -0.389 e. The molecule has 0 amide bonds. The van der Waals surface area contributed by atoms with Crippen molar-refractivity contribution in [1.82, 2.24) is 9.97 Å². The van der Waals surface area contributed by atoms with E-state index in [1.807, 2.05) is 19.1 Å². The molecule has 0 bridgehead atoms. The first-order chi connectivity index (χ1) is 10.3. The maximum absolute atomic E-state index is 9.86. The zero-order chi connectivity index (χ0) is 16.3. The van der Waals surface area contributed by atoms with Crippen LogP contribution in [0.1, 0.15) is 30.7 Å². The van der Waals surface area contributed by atoms with E-state index < -0.39 is 5.60 Å². The first kappa shape index (κ1) is 17.0. The average molecular weight is 340 g/mol. The molecule has 0 fully saturated rings. The van der Waals surface area contributed by atoms with Crippen LogP contribution in [-0.4, -0.2) is 27.2 Å². The Kier molecular flexibility index (Phi) is 5.27. The maximum Gasteiger partial charge on any atom is 0.133 e. The van der Waals surface area contributed by atoms with Crippen LogP contribution in [0.2, 0.25) is 10.0 Å². The smallest absolute Gasteiger partial charge is 0.133 e. The molecule has 4 nitrogen and oxygen atoms in total. The zero-order valence-electron chi connectivity index (χ0n) is 12.8. The molecule has 0 saturated carbocycles. The number of aryl methyl sites for hydroxylation is 1. The second-order valence-electron chi connectivity index (χ2n) is 5.86. The molecule has 0 aliphatic rings. The van der Waals surface area contributed by atoms with E-state index >= 15 is 0 Å². The van der Waals surface area contributed by atoms with Crippen molar-refractivity contribution in [2.24, 2.45) is 0 Å². The van der Waals surface area contributed by atoms with Gasteiger partial charge in [0.15, 0.2) is 0 Å². The summed E-state index contributed by atoms with van der Waals surface area (Å²) < 4.78 is 0. The number of hydrogen-bond donors (Lipinski definition) is 2. The number of benzene rings is 1. The van der Waals surface area contributed by atoms with Crippen molar-refractivity contribution in [3.63, 3.8) is 0 Å². The van der Waals surface area contributed by atoms with Gasteiger partial charge in [-0.3, -0.25) is 0 Å². The fraction of sp³-hybridized carbons (Fsp3) is 0.375. The van der Waals surface area contributed by atoms with Crippen LogP contribution < -0.4 is 5.32 Å². The number of anilines is 1. The number of rotatable bonds is 5. The first-order valence-corrected chi connectivity index (χ1v) is 7.72.